The number of hydrogen-bond donors (Lipinski definition) is 2. The molecule has 1 amide bonds. The van der Waals surface area contributed by atoms with Crippen molar-refractivity contribution in [2.24, 2.45) is 5.92 Å². The number of rotatable bonds is 5. The van der Waals surface area contributed by atoms with Gasteiger partial charge in [0.05, 0.1) is 0 Å². The molecule has 0 aromatic heterocycles. The number of amides is 1. The minimum Gasteiger partial charge on any atom is -0.508 e. The van der Waals surface area contributed by atoms with Crippen molar-refractivity contribution in [1.82, 2.24) is 10.2 Å². The highest BCUT2D eigenvalue weighted by Gasteiger charge is 2.25. The summed E-state index contributed by atoms with van der Waals surface area (Å²) in [7, 11) is 0. The molecular formula is C17H26N2O2. The number of carbonyl (C=O) groups excluding carboxylic acids is 1. The number of hydrogen-bond acceptors (Lipinski definition) is 3. The van der Waals surface area contributed by atoms with Crippen LogP contribution in [0, 0.1) is 5.92 Å². The largest absolute Gasteiger partial charge is 0.508 e. The Hall–Kier alpha value is -1.55. The second-order valence-electron chi connectivity index (χ2n) is 6.00. The lowest BCUT2D eigenvalue weighted by molar-refractivity contribution is -0.127. The number of benzene rings is 1. The van der Waals surface area contributed by atoms with Gasteiger partial charge >= 0.3 is 0 Å². The van der Waals surface area contributed by atoms with E-state index in [1.807, 2.05) is 25.1 Å². The third-order valence-electron chi connectivity index (χ3n) is 4.34. The number of phenolic OH excluding ortho intramolecular Hbond substituents is 1. The monoisotopic (exact) mass is 290 g/mol. The van der Waals surface area contributed by atoms with Crippen molar-refractivity contribution in [3.63, 3.8) is 0 Å². The van der Waals surface area contributed by atoms with Crippen LogP contribution in [-0.4, -0.2) is 35.0 Å². The summed E-state index contributed by atoms with van der Waals surface area (Å²) < 4.78 is 0. The predicted molar refractivity (Wildman–Crippen MR) is 84.0 cm³/mol. The summed E-state index contributed by atoms with van der Waals surface area (Å²) in [5.74, 6) is 0.695. The molecule has 0 spiro atoms. The van der Waals surface area contributed by atoms with Crippen LogP contribution in [0.5, 0.6) is 5.75 Å². The molecule has 4 heteroatoms. The molecule has 2 N–H and O–H groups in total. The maximum Gasteiger partial charge on any atom is 0.223 e. The molecular weight excluding hydrogens is 264 g/mol. The van der Waals surface area contributed by atoms with E-state index in [0.717, 1.165) is 44.5 Å². The van der Waals surface area contributed by atoms with Crippen molar-refractivity contribution in [1.29, 1.82) is 0 Å². The van der Waals surface area contributed by atoms with E-state index in [4.69, 9.17) is 0 Å². The fourth-order valence-corrected chi connectivity index (χ4v) is 2.70. The molecule has 116 valence electrons. The van der Waals surface area contributed by atoms with Gasteiger partial charge in [0.1, 0.15) is 5.75 Å². The number of carbonyl (C=O) groups is 1. The molecule has 21 heavy (non-hydrogen) atoms. The van der Waals surface area contributed by atoms with Crippen molar-refractivity contribution in [2.45, 2.75) is 45.7 Å². The van der Waals surface area contributed by atoms with Crippen LogP contribution < -0.4 is 5.32 Å². The Kier molecular flexibility index (Phi) is 5.62. The minimum absolute atomic E-state index is 0.139. The highest BCUT2D eigenvalue weighted by atomic mass is 16.3. The smallest absolute Gasteiger partial charge is 0.223 e. The van der Waals surface area contributed by atoms with Crippen molar-refractivity contribution in [3.05, 3.63) is 29.8 Å². The van der Waals surface area contributed by atoms with E-state index in [1.54, 1.807) is 6.07 Å². The van der Waals surface area contributed by atoms with Crippen LogP contribution in [0.3, 0.4) is 0 Å². The van der Waals surface area contributed by atoms with E-state index in [-0.39, 0.29) is 17.9 Å². The van der Waals surface area contributed by atoms with Crippen LogP contribution in [0.2, 0.25) is 0 Å². The van der Waals surface area contributed by atoms with Gasteiger partial charge in [0, 0.05) is 24.1 Å². The molecule has 1 aliphatic rings. The molecule has 1 heterocycles. The van der Waals surface area contributed by atoms with Crippen LogP contribution in [-0.2, 0) is 11.3 Å². The zero-order valence-corrected chi connectivity index (χ0v) is 13.0. The lowest BCUT2D eigenvalue weighted by atomic mass is 9.95. The van der Waals surface area contributed by atoms with Gasteiger partial charge in [-0.15, -0.1) is 0 Å². The van der Waals surface area contributed by atoms with Crippen molar-refractivity contribution < 1.29 is 9.90 Å². The molecule has 1 aliphatic heterocycles. The second-order valence-corrected chi connectivity index (χ2v) is 6.00. The number of likely N-dealkylation sites (tertiary alicyclic amines) is 1. The first-order chi connectivity index (χ1) is 10.1. The van der Waals surface area contributed by atoms with Gasteiger partial charge in [0.25, 0.3) is 0 Å². The first-order valence-corrected chi connectivity index (χ1v) is 7.89. The molecule has 1 aromatic carbocycles. The molecule has 1 fully saturated rings. The minimum atomic E-state index is 0.139. The van der Waals surface area contributed by atoms with Gasteiger partial charge in [-0.1, -0.05) is 25.1 Å². The summed E-state index contributed by atoms with van der Waals surface area (Å²) in [5, 5.41) is 12.9. The SMILES string of the molecule is CC[C@H](C)NC(=O)C1CCN(Cc2ccccc2O)CC1. The summed E-state index contributed by atoms with van der Waals surface area (Å²) >= 11 is 0. The first-order valence-electron chi connectivity index (χ1n) is 7.89. The molecule has 2 rings (SSSR count). The average Bonchev–Trinajstić information content (AvgIpc) is 2.50. The molecule has 4 nitrogen and oxygen atoms in total. The van der Waals surface area contributed by atoms with Gasteiger partial charge < -0.3 is 10.4 Å². The van der Waals surface area contributed by atoms with E-state index in [2.05, 4.69) is 17.1 Å². The number of phenols is 1. The van der Waals surface area contributed by atoms with Gasteiger partial charge in [-0.05, 0) is 45.3 Å². The van der Waals surface area contributed by atoms with Crippen LogP contribution in [0.4, 0.5) is 0 Å². The van der Waals surface area contributed by atoms with Crippen LogP contribution in [0.15, 0.2) is 24.3 Å². The third kappa shape index (κ3) is 4.46. The zero-order chi connectivity index (χ0) is 15.2. The molecule has 1 atom stereocenters. The third-order valence-corrected chi connectivity index (χ3v) is 4.34. The molecule has 0 radical (unpaired) electrons. The van der Waals surface area contributed by atoms with Gasteiger partial charge in [-0.25, -0.2) is 0 Å². The Bertz CT molecular complexity index is 468. The van der Waals surface area contributed by atoms with E-state index >= 15 is 0 Å². The summed E-state index contributed by atoms with van der Waals surface area (Å²) in [6.07, 6.45) is 2.77. The maximum absolute atomic E-state index is 12.1. The van der Waals surface area contributed by atoms with E-state index in [9.17, 15) is 9.90 Å². The molecule has 0 unspecified atom stereocenters. The van der Waals surface area contributed by atoms with Gasteiger partial charge in [0.2, 0.25) is 5.91 Å². The van der Waals surface area contributed by atoms with Crippen LogP contribution >= 0.6 is 0 Å². The Balaban J connectivity index is 1.81. The fourth-order valence-electron chi connectivity index (χ4n) is 2.70. The lowest BCUT2D eigenvalue weighted by Gasteiger charge is -2.32. The Labute approximate surface area is 127 Å². The topological polar surface area (TPSA) is 52.6 Å². The Morgan fingerprint density at radius 1 is 1.38 bits per heavy atom. The summed E-state index contributed by atoms with van der Waals surface area (Å²) in [6, 6.07) is 7.72. The Morgan fingerprint density at radius 2 is 2.05 bits per heavy atom. The molecule has 0 saturated carbocycles. The van der Waals surface area contributed by atoms with Crippen molar-refractivity contribution in [3.8, 4) is 5.75 Å². The van der Waals surface area contributed by atoms with E-state index in [0.29, 0.717) is 5.75 Å². The number of piperidine rings is 1. The highest BCUT2D eigenvalue weighted by Crippen LogP contribution is 2.22. The van der Waals surface area contributed by atoms with E-state index in [1.165, 1.54) is 0 Å². The fraction of sp³-hybridized carbons (Fsp3) is 0.588. The zero-order valence-electron chi connectivity index (χ0n) is 13.0. The van der Waals surface area contributed by atoms with Gasteiger partial charge in [-0.2, -0.15) is 0 Å². The predicted octanol–water partition coefficient (Wildman–Crippen LogP) is 2.52. The molecule has 0 aliphatic carbocycles. The standard InChI is InChI=1S/C17H26N2O2/c1-3-13(2)18-17(21)14-8-10-19(11-9-14)12-15-6-4-5-7-16(15)20/h4-7,13-14,20H,3,8-12H2,1-2H3,(H,18,21)/t13-/m0/s1. The van der Waals surface area contributed by atoms with Crippen LogP contribution in [0.25, 0.3) is 0 Å². The van der Waals surface area contributed by atoms with Crippen molar-refractivity contribution >= 4 is 5.91 Å². The average molecular weight is 290 g/mol. The maximum atomic E-state index is 12.1. The molecule has 1 saturated heterocycles. The highest BCUT2D eigenvalue weighted by molar-refractivity contribution is 5.79. The summed E-state index contributed by atoms with van der Waals surface area (Å²) in [4.78, 5) is 14.4. The number of para-hydroxylation sites is 1. The quantitative estimate of drug-likeness (QED) is 0.876. The summed E-state index contributed by atoms with van der Waals surface area (Å²) in [6.45, 7) is 6.71. The normalized spacial score (nSPS) is 18.4. The number of nitrogens with one attached hydrogen (secondary N) is 1. The second kappa shape index (κ2) is 7.46. The molecule has 0 bridgehead atoms. The van der Waals surface area contributed by atoms with E-state index < -0.39 is 0 Å². The van der Waals surface area contributed by atoms with Gasteiger partial charge in [-0.3, -0.25) is 9.69 Å². The first kappa shape index (κ1) is 15.8. The summed E-state index contributed by atoms with van der Waals surface area (Å²) in [5.41, 5.74) is 0.958. The molecule has 1 aromatic rings. The lowest BCUT2D eigenvalue weighted by Crippen LogP contribution is -2.42. The Morgan fingerprint density at radius 3 is 2.67 bits per heavy atom. The number of aromatic hydroxyl groups is 1. The van der Waals surface area contributed by atoms with Crippen LogP contribution in [0.1, 0.15) is 38.7 Å². The van der Waals surface area contributed by atoms with Gasteiger partial charge in [0.15, 0.2) is 0 Å². The number of nitrogens with zero attached hydrogens (tertiary/aromatic N) is 1. The van der Waals surface area contributed by atoms with Crippen molar-refractivity contribution in [2.75, 3.05) is 13.1 Å².